The van der Waals surface area contributed by atoms with E-state index in [2.05, 4.69) is 43.2 Å². The fourth-order valence-corrected chi connectivity index (χ4v) is 2.60. The average Bonchev–Trinajstić information content (AvgIpc) is 2.66. The number of aliphatic hydroxyl groups is 1. The number of rotatable bonds is 5. The predicted molar refractivity (Wildman–Crippen MR) is 81.9 cm³/mol. The van der Waals surface area contributed by atoms with Gasteiger partial charge in [-0.1, -0.05) is 31.2 Å². The quantitative estimate of drug-likeness (QED) is 0.909. The summed E-state index contributed by atoms with van der Waals surface area (Å²) < 4.78 is 1.88. The Bertz CT molecular complexity index is 569. The highest BCUT2D eigenvalue weighted by molar-refractivity contribution is 5.27. The highest BCUT2D eigenvalue weighted by Crippen LogP contribution is 2.16. The first-order valence-electron chi connectivity index (χ1n) is 7.26. The highest BCUT2D eigenvalue weighted by atomic mass is 16.3. The lowest BCUT2D eigenvalue weighted by molar-refractivity contribution is 0.175. The van der Waals surface area contributed by atoms with Crippen LogP contribution in [0.15, 0.2) is 24.3 Å². The van der Waals surface area contributed by atoms with Gasteiger partial charge in [-0.2, -0.15) is 5.10 Å². The Morgan fingerprint density at radius 2 is 1.70 bits per heavy atom. The first-order chi connectivity index (χ1) is 9.51. The molecule has 1 unspecified atom stereocenters. The van der Waals surface area contributed by atoms with Gasteiger partial charge in [0, 0.05) is 19.2 Å². The summed E-state index contributed by atoms with van der Waals surface area (Å²) in [6.45, 7) is 6.21. The number of hydrogen-bond donors (Lipinski definition) is 1. The Labute approximate surface area is 121 Å². The Morgan fingerprint density at radius 3 is 2.20 bits per heavy atom. The van der Waals surface area contributed by atoms with Gasteiger partial charge in [-0.25, -0.2) is 0 Å². The van der Waals surface area contributed by atoms with Gasteiger partial charge in [0.2, 0.25) is 0 Å². The number of aryl methyl sites for hydroxylation is 3. The van der Waals surface area contributed by atoms with E-state index in [1.54, 1.807) is 0 Å². The van der Waals surface area contributed by atoms with Crippen molar-refractivity contribution in [1.82, 2.24) is 9.78 Å². The summed E-state index contributed by atoms with van der Waals surface area (Å²) >= 11 is 0. The second-order valence-electron chi connectivity index (χ2n) is 5.51. The topological polar surface area (TPSA) is 38.1 Å². The largest absolute Gasteiger partial charge is 0.392 e. The Hall–Kier alpha value is -1.61. The molecule has 0 amide bonds. The van der Waals surface area contributed by atoms with Crippen LogP contribution in [-0.4, -0.2) is 21.0 Å². The molecule has 1 aromatic carbocycles. The van der Waals surface area contributed by atoms with Gasteiger partial charge in [-0.3, -0.25) is 4.68 Å². The zero-order valence-corrected chi connectivity index (χ0v) is 12.8. The molecule has 3 nitrogen and oxygen atoms in total. The van der Waals surface area contributed by atoms with Gasteiger partial charge >= 0.3 is 0 Å². The maximum absolute atomic E-state index is 10.3. The SMILES string of the molecule is CCc1ccc(CC(O)Cc2c(C)nn(C)c2C)cc1. The summed E-state index contributed by atoms with van der Waals surface area (Å²) in [7, 11) is 1.95. The molecule has 0 aliphatic heterocycles. The Morgan fingerprint density at radius 1 is 1.10 bits per heavy atom. The van der Waals surface area contributed by atoms with E-state index < -0.39 is 0 Å². The van der Waals surface area contributed by atoms with Gasteiger partial charge in [0.25, 0.3) is 0 Å². The smallest absolute Gasteiger partial charge is 0.0629 e. The number of aromatic nitrogens is 2. The third-order valence-electron chi connectivity index (χ3n) is 4.00. The van der Waals surface area contributed by atoms with Crippen molar-refractivity contribution in [3.8, 4) is 0 Å². The van der Waals surface area contributed by atoms with Crippen LogP contribution in [0.1, 0.15) is 35.0 Å². The van der Waals surface area contributed by atoms with E-state index in [-0.39, 0.29) is 6.10 Å². The standard InChI is InChI=1S/C17H24N2O/c1-5-14-6-8-15(9-7-14)10-16(20)11-17-12(2)18-19(4)13(17)3/h6-9,16,20H,5,10-11H2,1-4H3. The van der Waals surface area contributed by atoms with Crippen LogP contribution >= 0.6 is 0 Å². The summed E-state index contributed by atoms with van der Waals surface area (Å²) in [5.41, 5.74) is 5.86. The second kappa shape index (κ2) is 6.23. The lowest BCUT2D eigenvalue weighted by Gasteiger charge is -2.11. The third-order valence-corrected chi connectivity index (χ3v) is 4.00. The highest BCUT2D eigenvalue weighted by Gasteiger charge is 2.14. The lowest BCUT2D eigenvalue weighted by Crippen LogP contribution is -2.15. The normalized spacial score (nSPS) is 12.7. The maximum atomic E-state index is 10.3. The molecular formula is C17H24N2O. The monoisotopic (exact) mass is 272 g/mol. The summed E-state index contributed by atoms with van der Waals surface area (Å²) in [6, 6.07) is 8.52. The van der Waals surface area contributed by atoms with Crippen molar-refractivity contribution in [2.45, 2.75) is 46.1 Å². The molecule has 0 bridgehead atoms. The van der Waals surface area contributed by atoms with Gasteiger partial charge in [0.1, 0.15) is 0 Å². The van der Waals surface area contributed by atoms with Crippen LogP contribution in [0.3, 0.4) is 0 Å². The minimum atomic E-state index is -0.357. The molecule has 2 aromatic rings. The first kappa shape index (κ1) is 14.8. The zero-order chi connectivity index (χ0) is 14.7. The van der Waals surface area contributed by atoms with Crippen LogP contribution in [0, 0.1) is 13.8 Å². The minimum Gasteiger partial charge on any atom is -0.392 e. The van der Waals surface area contributed by atoms with E-state index in [1.165, 1.54) is 16.7 Å². The van der Waals surface area contributed by atoms with Crippen molar-refractivity contribution in [3.05, 3.63) is 52.3 Å². The minimum absolute atomic E-state index is 0.357. The Balaban J connectivity index is 2.02. The molecular weight excluding hydrogens is 248 g/mol. The lowest BCUT2D eigenvalue weighted by atomic mass is 9.99. The molecule has 2 rings (SSSR count). The van der Waals surface area contributed by atoms with Crippen LogP contribution < -0.4 is 0 Å². The van der Waals surface area contributed by atoms with Crippen LogP contribution in [0.5, 0.6) is 0 Å². The summed E-state index contributed by atoms with van der Waals surface area (Å²) in [5.74, 6) is 0. The Kier molecular flexibility index (Phi) is 4.61. The van der Waals surface area contributed by atoms with Crippen molar-refractivity contribution >= 4 is 0 Å². The molecule has 1 atom stereocenters. The second-order valence-corrected chi connectivity index (χ2v) is 5.51. The molecule has 3 heteroatoms. The number of aliphatic hydroxyl groups excluding tert-OH is 1. The van der Waals surface area contributed by atoms with Gasteiger partial charge in [0.15, 0.2) is 0 Å². The predicted octanol–water partition coefficient (Wildman–Crippen LogP) is 2.75. The fourth-order valence-electron chi connectivity index (χ4n) is 2.60. The zero-order valence-electron chi connectivity index (χ0n) is 12.8. The van der Waals surface area contributed by atoms with E-state index in [1.807, 2.05) is 18.7 Å². The van der Waals surface area contributed by atoms with Gasteiger partial charge in [-0.05, 0) is 43.4 Å². The van der Waals surface area contributed by atoms with Gasteiger partial charge < -0.3 is 5.11 Å². The molecule has 0 saturated carbocycles. The molecule has 0 saturated heterocycles. The summed E-state index contributed by atoms with van der Waals surface area (Å²) in [5, 5.41) is 14.7. The maximum Gasteiger partial charge on any atom is 0.0629 e. The van der Waals surface area contributed by atoms with Crippen molar-refractivity contribution in [2.75, 3.05) is 0 Å². The van der Waals surface area contributed by atoms with Crippen LogP contribution in [-0.2, 0) is 26.3 Å². The molecule has 20 heavy (non-hydrogen) atoms. The molecule has 1 N–H and O–H groups in total. The first-order valence-corrected chi connectivity index (χ1v) is 7.26. The number of hydrogen-bond acceptors (Lipinski definition) is 2. The molecule has 108 valence electrons. The van der Waals surface area contributed by atoms with Crippen molar-refractivity contribution in [2.24, 2.45) is 7.05 Å². The van der Waals surface area contributed by atoms with Crippen LogP contribution in [0.4, 0.5) is 0 Å². The number of nitrogens with zero attached hydrogens (tertiary/aromatic N) is 2. The van der Waals surface area contributed by atoms with Crippen molar-refractivity contribution in [3.63, 3.8) is 0 Å². The average molecular weight is 272 g/mol. The molecule has 0 spiro atoms. The van der Waals surface area contributed by atoms with E-state index in [0.717, 1.165) is 17.8 Å². The molecule has 0 aliphatic carbocycles. The molecule has 0 radical (unpaired) electrons. The van der Waals surface area contributed by atoms with E-state index in [4.69, 9.17) is 0 Å². The van der Waals surface area contributed by atoms with Crippen molar-refractivity contribution < 1.29 is 5.11 Å². The van der Waals surface area contributed by atoms with Crippen LogP contribution in [0.25, 0.3) is 0 Å². The van der Waals surface area contributed by atoms with Crippen LogP contribution in [0.2, 0.25) is 0 Å². The third kappa shape index (κ3) is 3.28. The van der Waals surface area contributed by atoms with Gasteiger partial charge in [-0.15, -0.1) is 0 Å². The summed E-state index contributed by atoms with van der Waals surface area (Å²) in [4.78, 5) is 0. The van der Waals surface area contributed by atoms with Gasteiger partial charge in [0.05, 0.1) is 11.8 Å². The van der Waals surface area contributed by atoms with E-state index in [0.29, 0.717) is 12.8 Å². The van der Waals surface area contributed by atoms with E-state index in [9.17, 15) is 5.11 Å². The number of benzene rings is 1. The molecule has 0 aliphatic rings. The summed E-state index contributed by atoms with van der Waals surface area (Å²) in [6.07, 6.45) is 2.06. The molecule has 0 fully saturated rings. The fraction of sp³-hybridized carbons (Fsp3) is 0.471. The molecule has 1 aromatic heterocycles. The van der Waals surface area contributed by atoms with E-state index >= 15 is 0 Å². The molecule has 1 heterocycles. The van der Waals surface area contributed by atoms with Crippen molar-refractivity contribution in [1.29, 1.82) is 0 Å².